The molecule has 32 heavy (non-hydrogen) atoms. The van der Waals surface area contributed by atoms with Gasteiger partial charge in [-0.1, -0.05) is 26.0 Å². The molecule has 0 saturated heterocycles. The van der Waals surface area contributed by atoms with Gasteiger partial charge in [-0.2, -0.15) is 0 Å². The molecule has 2 aromatic carbocycles. The van der Waals surface area contributed by atoms with Crippen LogP contribution in [-0.2, 0) is 4.79 Å². The number of nitrogens with one attached hydrogen (secondary N) is 2. The van der Waals surface area contributed by atoms with Crippen molar-refractivity contribution in [3.63, 3.8) is 0 Å². The van der Waals surface area contributed by atoms with Crippen molar-refractivity contribution in [1.29, 1.82) is 0 Å². The van der Waals surface area contributed by atoms with Gasteiger partial charge in [0.15, 0.2) is 16.6 Å². The second kappa shape index (κ2) is 9.35. The Kier molecular flexibility index (Phi) is 6.36. The second-order valence-electron chi connectivity index (χ2n) is 7.56. The van der Waals surface area contributed by atoms with Gasteiger partial charge in [-0.3, -0.25) is 9.59 Å². The van der Waals surface area contributed by atoms with E-state index in [0.717, 1.165) is 5.56 Å². The molecule has 0 spiro atoms. The lowest BCUT2D eigenvalue weighted by atomic mass is 10.0. The molecule has 3 aromatic rings. The van der Waals surface area contributed by atoms with Gasteiger partial charge in [0, 0.05) is 10.9 Å². The maximum absolute atomic E-state index is 13.9. The van der Waals surface area contributed by atoms with E-state index in [0.29, 0.717) is 35.5 Å². The highest BCUT2D eigenvalue weighted by Crippen LogP contribution is 2.35. The normalized spacial score (nSPS) is 13.5. The highest BCUT2D eigenvalue weighted by Gasteiger charge is 2.26. The fourth-order valence-electron chi connectivity index (χ4n) is 3.25. The number of thiazole rings is 1. The molecule has 0 aliphatic carbocycles. The number of aromatic nitrogens is 1. The van der Waals surface area contributed by atoms with Crippen molar-refractivity contribution in [1.82, 2.24) is 10.3 Å². The molecule has 0 saturated carbocycles. The summed E-state index contributed by atoms with van der Waals surface area (Å²) in [6.07, 6.45) is 0. The molecule has 0 bridgehead atoms. The summed E-state index contributed by atoms with van der Waals surface area (Å²) in [5, 5.41) is 7.59. The maximum atomic E-state index is 13.9. The van der Waals surface area contributed by atoms with Gasteiger partial charge in [-0.25, -0.2) is 9.37 Å². The molecule has 9 heteroatoms. The van der Waals surface area contributed by atoms with Crippen molar-refractivity contribution < 1.29 is 23.5 Å². The molecule has 0 fully saturated rings. The third kappa shape index (κ3) is 4.72. The molecule has 2 N–H and O–H groups in total. The van der Waals surface area contributed by atoms with E-state index in [9.17, 15) is 14.0 Å². The van der Waals surface area contributed by atoms with Crippen LogP contribution in [0.3, 0.4) is 0 Å². The molecular formula is C23H22FN3O4S. The average molecular weight is 456 g/mol. The molecular weight excluding hydrogens is 433 g/mol. The number of carbonyl (C=O) groups is 2. The van der Waals surface area contributed by atoms with Crippen molar-refractivity contribution in [3.05, 3.63) is 59.2 Å². The highest BCUT2D eigenvalue weighted by atomic mass is 32.1. The van der Waals surface area contributed by atoms with Crippen molar-refractivity contribution >= 4 is 28.3 Å². The summed E-state index contributed by atoms with van der Waals surface area (Å²) in [5.41, 5.74) is 1.40. The first-order valence-corrected chi connectivity index (χ1v) is 11.0. The van der Waals surface area contributed by atoms with Crippen molar-refractivity contribution in [3.8, 4) is 22.8 Å². The Hall–Kier alpha value is -3.46. The van der Waals surface area contributed by atoms with Crippen LogP contribution in [0.4, 0.5) is 9.52 Å². The van der Waals surface area contributed by atoms with Gasteiger partial charge in [0.2, 0.25) is 5.91 Å². The number of carbonyl (C=O) groups excluding carboxylic acids is 2. The molecule has 7 nitrogen and oxygen atoms in total. The Bertz CT molecular complexity index is 1150. The van der Waals surface area contributed by atoms with Gasteiger partial charge in [0.05, 0.1) is 11.3 Å². The number of ether oxygens (including phenoxy) is 2. The minimum Gasteiger partial charge on any atom is -0.486 e. The van der Waals surface area contributed by atoms with Gasteiger partial charge < -0.3 is 20.1 Å². The second-order valence-corrected chi connectivity index (χ2v) is 8.42. The van der Waals surface area contributed by atoms with Gasteiger partial charge >= 0.3 is 0 Å². The van der Waals surface area contributed by atoms with Crippen molar-refractivity contribution in [2.45, 2.75) is 19.9 Å². The fourth-order valence-corrected chi connectivity index (χ4v) is 3.97. The molecule has 2 amide bonds. The molecule has 1 atom stereocenters. The zero-order valence-corrected chi connectivity index (χ0v) is 18.4. The van der Waals surface area contributed by atoms with Gasteiger partial charge in [0.1, 0.15) is 25.1 Å². The van der Waals surface area contributed by atoms with Crippen LogP contribution in [0.1, 0.15) is 24.2 Å². The zero-order chi connectivity index (χ0) is 22.7. The Morgan fingerprint density at radius 3 is 2.59 bits per heavy atom. The summed E-state index contributed by atoms with van der Waals surface area (Å²) in [7, 11) is 0. The number of hydrogen-bond donors (Lipinski definition) is 2. The fraction of sp³-hybridized carbons (Fsp3) is 0.261. The predicted molar refractivity (Wildman–Crippen MR) is 120 cm³/mol. The first-order chi connectivity index (χ1) is 15.4. The molecule has 1 unspecified atom stereocenters. The maximum Gasteiger partial charge on any atom is 0.254 e. The number of fused-ring (bicyclic) bond motifs is 1. The largest absolute Gasteiger partial charge is 0.486 e. The zero-order valence-electron chi connectivity index (χ0n) is 17.6. The van der Waals surface area contributed by atoms with Gasteiger partial charge in [0.25, 0.3) is 5.91 Å². The lowest BCUT2D eigenvalue weighted by Gasteiger charge is -2.21. The number of rotatable bonds is 6. The van der Waals surface area contributed by atoms with Crippen LogP contribution in [0, 0.1) is 11.7 Å². The average Bonchev–Trinajstić information content (AvgIpc) is 3.25. The lowest BCUT2D eigenvalue weighted by Crippen LogP contribution is -2.47. The van der Waals surface area contributed by atoms with Crippen molar-refractivity contribution in [2.24, 2.45) is 5.92 Å². The van der Waals surface area contributed by atoms with Crippen LogP contribution in [0.25, 0.3) is 11.3 Å². The number of benzene rings is 2. The molecule has 166 valence electrons. The molecule has 4 rings (SSSR count). The van der Waals surface area contributed by atoms with Crippen LogP contribution in [0.15, 0.2) is 47.8 Å². The lowest BCUT2D eigenvalue weighted by molar-refractivity contribution is -0.118. The van der Waals surface area contributed by atoms with Gasteiger partial charge in [-0.05, 0) is 36.2 Å². The SMILES string of the molecule is CC(C)C(NC(=O)c1ccccc1F)C(=O)Nc1nc(-c2ccc3c(c2)OCCO3)cs1. The topological polar surface area (TPSA) is 89.6 Å². The third-order valence-electron chi connectivity index (χ3n) is 4.93. The number of amides is 2. The van der Waals surface area contributed by atoms with Crippen LogP contribution < -0.4 is 20.1 Å². The monoisotopic (exact) mass is 455 g/mol. The number of anilines is 1. The Morgan fingerprint density at radius 2 is 1.84 bits per heavy atom. The van der Waals surface area contributed by atoms with Gasteiger partial charge in [-0.15, -0.1) is 11.3 Å². The van der Waals surface area contributed by atoms with Crippen LogP contribution in [0.5, 0.6) is 11.5 Å². The van der Waals surface area contributed by atoms with E-state index in [1.54, 1.807) is 19.9 Å². The summed E-state index contributed by atoms with van der Waals surface area (Å²) in [5.74, 6) is -0.585. The van der Waals surface area contributed by atoms with E-state index in [1.165, 1.54) is 29.5 Å². The quantitative estimate of drug-likeness (QED) is 0.584. The highest BCUT2D eigenvalue weighted by molar-refractivity contribution is 7.14. The predicted octanol–water partition coefficient (Wildman–Crippen LogP) is 4.11. The summed E-state index contributed by atoms with van der Waals surface area (Å²) in [4.78, 5) is 29.8. The third-order valence-corrected chi connectivity index (χ3v) is 5.68. The summed E-state index contributed by atoms with van der Waals surface area (Å²) < 4.78 is 25.1. The number of nitrogens with zero attached hydrogens (tertiary/aromatic N) is 1. The first kappa shape index (κ1) is 21.8. The summed E-state index contributed by atoms with van der Waals surface area (Å²) in [6, 6.07) is 10.3. The van der Waals surface area contributed by atoms with E-state index in [4.69, 9.17) is 9.47 Å². The Morgan fingerprint density at radius 1 is 1.09 bits per heavy atom. The van der Waals surface area contributed by atoms with E-state index < -0.39 is 23.7 Å². The standard InChI is InChI=1S/C23H22FN3O4S/c1-13(2)20(26-21(28)15-5-3-4-6-16(15)24)22(29)27-23-25-17(12-32-23)14-7-8-18-19(11-14)31-10-9-30-18/h3-8,11-13,20H,9-10H2,1-2H3,(H,26,28)(H,25,27,29). The minimum atomic E-state index is -0.858. The minimum absolute atomic E-state index is 0.110. The molecule has 1 aliphatic rings. The smallest absolute Gasteiger partial charge is 0.254 e. The molecule has 2 heterocycles. The van der Waals surface area contributed by atoms with Crippen LogP contribution in [-0.4, -0.2) is 36.1 Å². The summed E-state index contributed by atoms with van der Waals surface area (Å²) >= 11 is 1.27. The summed E-state index contributed by atoms with van der Waals surface area (Å²) in [6.45, 7) is 4.61. The van der Waals surface area contributed by atoms with Crippen LogP contribution in [0.2, 0.25) is 0 Å². The Balaban J connectivity index is 1.46. The Labute approximate surface area is 188 Å². The molecule has 0 radical (unpaired) electrons. The molecule has 1 aliphatic heterocycles. The van der Waals surface area contributed by atoms with E-state index >= 15 is 0 Å². The van der Waals surface area contributed by atoms with Crippen LogP contribution >= 0.6 is 11.3 Å². The molecule has 1 aromatic heterocycles. The first-order valence-electron chi connectivity index (χ1n) is 10.1. The number of hydrogen-bond acceptors (Lipinski definition) is 6. The van der Waals surface area contributed by atoms with Crippen molar-refractivity contribution in [2.75, 3.05) is 18.5 Å². The van der Waals surface area contributed by atoms with E-state index in [2.05, 4.69) is 15.6 Å². The van der Waals surface area contributed by atoms with E-state index in [1.807, 2.05) is 23.6 Å². The number of halogens is 1. The van der Waals surface area contributed by atoms with E-state index in [-0.39, 0.29) is 11.5 Å².